The Hall–Kier alpha value is -1.89. The molecule has 0 aliphatic carbocycles. The second kappa shape index (κ2) is 5.85. The third kappa shape index (κ3) is 3.07. The van der Waals surface area contributed by atoms with Gasteiger partial charge in [0.05, 0.1) is 3.57 Å². The Kier molecular flexibility index (Phi) is 3.92. The number of phenols is 1. The second-order valence-corrected chi connectivity index (χ2v) is 5.95. The maximum atomic E-state index is 9.74. The van der Waals surface area contributed by atoms with E-state index in [4.69, 9.17) is 4.52 Å². The lowest BCUT2D eigenvalue weighted by atomic mass is 10.1. The summed E-state index contributed by atoms with van der Waals surface area (Å²) >= 11 is 2.07. The number of nitrogens with zero attached hydrogens (tertiary/aromatic N) is 2. The molecule has 0 bridgehead atoms. The molecule has 3 rings (SSSR count). The first-order valence-electron chi connectivity index (χ1n) is 6.49. The Bertz CT molecular complexity index is 783. The van der Waals surface area contributed by atoms with Crippen LogP contribution in [0.1, 0.15) is 17.0 Å². The van der Waals surface area contributed by atoms with Gasteiger partial charge < -0.3 is 9.63 Å². The van der Waals surface area contributed by atoms with Crippen LogP contribution in [0, 0.1) is 10.5 Å². The number of halogens is 1. The number of benzene rings is 2. The van der Waals surface area contributed by atoms with Gasteiger partial charge in [-0.2, -0.15) is 4.98 Å². The van der Waals surface area contributed by atoms with Crippen molar-refractivity contribution in [1.29, 1.82) is 0 Å². The van der Waals surface area contributed by atoms with Crippen molar-refractivity contribution < 1.29 is 9.63 Å². The third-order valence-electron chi connectivity index (χ3n) is 3.27. The average Bonchev–Trinajstić information content (AvgIpc) is 2.93. The summed E-state index contributed by atoms with van der Waals surface area (Å²) in [5, 5.41) is 13.8. The van der Waals surface area contributed by atoms with Crippen LogP contribution < -0.4 is 0 Å². The van der Waals surface area contributed by atoms with E-state index in [1.807, 2.05) is 24.3 Å². The number of aryl methyl sites for hydroxylation is 1. The molecule has 0 unspecified atom stereocenters. The van der Waals surface area contributed by atoms with E-state index >= 15 is 0 Å². The maximum Gasteiger partial charge on any atom is 0.258 e. The van der Waals surface area contributed by atoms with Crippen LogP contribution in [0.3, 0.4) is 0 Å². The van der Waals surface area contributed by atoms with Gasteiger partial charge in [0.2, 0.25) is 0 Å². The van der Waals surface area contributed by atoms with E-state index in [9.17, 15) is 5.11 Å². The molecule has 0 amide bonds. The molecule has 4 nitrogen and oxygen atoms in total. The molecule has 0 saturated heterocycles. The third-order valence-corrected chi connectivity index (χ3v) is 4.18. The van der Waals surface area contributed by atoms with Crippen LogP contribution in [0.5, 0.6) is 5.75 Å². The number of rotatable bonds is 3. The lowest BCUT2D eigenvalue weighted by molar-refractivity contribution is 0.423. The molecular weight excluding hydrogens is 379 g/mol. The number of phenolic OH excluding ortho intramolecular Hbond substituents is 1. The van der Waals surface area contributed by atoms with E-state index in [2.05, 4.69) is 51.8 Å². The van der Waals surface area contributed by atoms with Crippen LogP contribution in [0.2, 0.25) is 0 Å². The van der Waals surface area contributed by atoms with Gasteiger partial charge in [-0.1, -0.05) is 29.4 Å². The van der Waals surface area contributed by atoms with Gasteiger partial charge in [-0.05, 0) is 58.8 Å². The first-order chi connectivity index (χ1) is 10.1. The standard InChI is InChI=1S/C16H13IN2O2/c1-10-4-2-3-5-11(10)9-15-18-16(21-19-15)12-6-7-13(17)14(20)8-12/h2-8,20H,9H2,1H3. The van der Waals surface area contributed by atoms with Crippen LogP contribution in [0.15, 0.2) is 47.0 Å². The minimum absolute atomic E-state index is 0.215. The summed E-state index contributed by atoms with van der Waals surface area (Å²) in [7, 11) is 0. The first-order valence-corrected chi connectivity index (χ1v) is 7.57. The lowest BCUT2D eigenvalue weighted by Crippen LogP contribution is -1.93. The van der Waals surface area contributed by atoms with Gasteiger partial charge in [0, 0.05) is 12.0 Å². The molecular formula is C16H13IN2O2. The topological polar surface area (TPSA) is 59.2 Å². The van der Waals surface area contributed by atoms with Gasteiger partial charge in [0.15, 0.2) is 5.82 Å². The average molecular weight is 392 g/mol. The van der Waals surface area contributed by atoms with E-state index in [0.29, 0.717) is 18.1 Å². The van der Waals surface area contributed by atoms with Gasteiger partial charge in [0.25, 0.3) is 5.89 Å². The van der Waals surface area contributed by atoms with E-state index in [0.717, 1.165) is 9.13 Å². The van der Waals surface area contributed by atoms with Crippen molar-refractivity contribution in [1.82, 2.24) is 10.1 Å². The molecule has 0 spiro atoms. The van der Waals surface area contributed by atoms with Gasteiger partial charge in [-0.15, -0.1) is 0 Å². The smallest absolute Gasteiger partial charge is 0.258 e. The Morgan fingerprint density at radius 3 is 2.76 bits per heavy atom. The van der Waals surface area contributed by atoms with Crippen LogP contribution in [-0.2, 0) is 6.42 Å². The molecule has 1 aromatic heterocycles. The van der Waals surface area contributed by atoms with Crippen LogP contribution in [0.4, 0.5) is 0 Å². The van der Waals surface area contributed by atoms with Crippen molar-refractivity contribution >= 4 is 22.6 Å². The van der Waals surface area contributed by atoms with Crippen molar-refractivity contribution in [3.63, 3.8) is 0 Å². The number of aromatic nitrogens is 2. The quantitative estimate of drug-likeness (QED) is 0.686. The minimum atomic E-state index is 0.215. The summed E-state index contributed by atoms with van der Waals surface area (Å²) in [5.41, 5.74) is 3.10. The molecule has 1 heterocycles. The second-order valence-electron chi connectivity index (χ2n) is 4.79. The van der Waals surface area contributed by atoms with E-state index in [-0.39, 0.29) is 5.75 Å². The predicted molar refractivity (Wildman–Crippen MR) is 88.1 cm³/mol. The molecule has 0 fully saturated rings. The summed E-state index contributed by atoms with van der Waals surface area (Å²) in [6.07, 6.45) is 0.631. The fraction of sp³-hybridized carbons (Fsp3) is 0.125. The molecule has 0 aliphatic rings. The summed E-state index contributed by atoms with van der Waals surface area (Å²) in [4.78, 5) is 4.40. The van der Waals surface area contributed by atoms with Gasteiger partial charge in [0.1, 0.15) is 5.75 Å². The fourth-order valence-electron chi connectivity index (χ4n) is 2.07. The van der Waals surface area contributed by atoms with Crippen molar-refractivity contribution in [3.05, 3.63) is 63.0 Å². The zero-order valence-electron chi connectivity index (χ0n) is 11.4. The van der Waals surface area contributed by atoms with Crippen molar-refractivity contribution in [3.8, 4) is 17.2 Å². The van der Waals surface area contributed by atoms with Crippen molar-refractivity contribution in [2.45, 2.75) is 13.3 Å². The molecule has 0 atom stereocenters. The largest absolute Gasteiger partial charge is 0.507 e. The minimum Gasteiger partial charge on any atom is -0.507 e. The molecule has 106 valence electrons. The zero-order chi connectivity index (χ0) is 14.8. The van der Waals surface area contributed by atoms with Gasteiger partial charge in [-0.3, -0.25) is 0 Å². The molecule has 0 radical (unpaired) electrons. The predicted octanol–water partition coefficient (Wildman–Crippen LogP) is 3.95. The highest BCUT2D eigenvalue weighted by Gasteiger charge is 2.11. The molecule has 2 aromatic carbocycles. The molecule has 21 heavy (non-hydrogen) atoms. The van der Waals surface area contributed by atoms with E-state index in [1.165, 1.54) is 11.1 Å². The lowest BCUT2D eigenvalue weighted by Gasteiger charge is -2.01. The fourth-order valence-corrected chi connectivity index (χ4v) is 2.40. The molecule has 5 heteroatoms. The summed E-state index contributed by atoms with van der Waals surface area (Å²) < 4.78 is 6.07. The normalized spacial score (nSPS) is 10.8. The molecule has 1 N–H and O–H groups in total. The number of hydrogen-bond donors (Lipinski definition) is 1. The Labute approximate surface area is 136 Å². The first kappa shape index (κ1) is 14.1. The van der Waals surface area contributed by atoms with E-state index in [1.54, 1.807) is 6.07 Å². The summed E-state index contributed by atoms with van der Waals surface area (Å²) in [6.45, 7) is 2.06. The highest BCUT2D eigenvalue weighted by atomic mass is 127. The summed E-state index contributed by atoms with van der Waals surface area (Å²) in [6, 6.07) is 13.4. The SMILES string of the molecule is Cc1ccccc1Cc1noc(-c2ccc(I)c(O)c2)n1. The summed E-state index contributed by atoms with van der Waals surface area (Å²) in [5.74, 6) is 1.27. The van der Waals surface area contributed by atoms with Crippen molar-refractivity contribution in [2.75, 3.05) is 0 Å². The van der Waals surface area contributed by atoms with E-state index < -0.39 is 0 Å². The Morgan fingerprint density at radius 1 is 1.19 bits per heavy atom. The van der Waals surface area contributed by atoms with Crippen LogP contribution in [0.25, 0.3) is 11.5 Å². The van der Waals surface area contributed by atoms with Gasteiger partial charge in [-0.25, -0.2) is 0 Å². The van der Waals surface area contributed by atoms with Crippen molar-refractivity contribution in [2.24, 2.45) is 0 Å². The van der Waals surface area contributed by atoms with Gasteiger partial charge >= 0.3 is 0 Å². The Balaban J connectivity index is 1.86. The molecule has 3 aromatic rings. The number of aromatic hydroxyl groups is 1. The molecule has 0 saturated carbocycles. The van der Waals surface area contributed by atoms with Crippen LogP contribution >= 0.6 is 22.6 Å². The molecule has 0 aliphatic heterocycles. The zero-order valence-corrected chi connectivity index (χ0v) is 13.5. The highest BCUT2D eigenvalue weighted by Crippen LogP contribution is 2.26. The van der Waals surface area contributed by atoms with Crippen LogP contribution in [-0.4, -0.2) is 15.2 Å². The monoisotopic (exact) mass is 392 g/mol. The Morgan fingerprint density at radius 2 is 2.00 bits per heavy atom. The maximum absolute atomic E-state index is 9.74. The highest BCUT2D eigenvalue weighted by molar-refractivity contribution is 14.1. The number of hydrogen-bond acceptors (Lipinski definition) is 4.